The molecule has 2 saturated heterocycles. The molecule has 0 aliphatic carbocycles. The van der Waals surface area contributed by atoms with Crippen LogP contribution in [0.15, 0.2) is 29.3 Å². The zero-order chi connectivity index (χ0) is 13.8. The van der Waals surface area contributed by atoms with Gasteiger partial charge in [-0.05, 0) is 18.1 Å². The van der Waals surface area contributed by atoms with Crippen molar-refractivity contribution in [3.05, 3.63) is 29.8 Å². The van der Waals surface area contributed by atoms with Crippen molar-refractivity contribution in [1.29, 1.82) is 0 Å². The smallest absolute Gasteiger partial charge is 0.105 e. The summed E-state index contributed by atoms with van der Waals surface area (Å²) in [5, 5.41) is 0. The highest BCUT2D eigenvalue weighted by atomic mass is 127. The lowest BCUT2D eigenvalue weighted by Gasteiger charge is -2.27. The van der Waals surface area contributed by atoms with Crippen molar-refractivity contribution in [2.24, 2.45) is 4.99 Å². The Hall–Kier alpha value is 0.0700. The molecule has 0 spiro atoms. The molecular weight excluding hydrogens is 504 g/mol. The number of ether oxygens (including phenoxy) is 1. The topological polar surface area (TPSA) is 28.1 Å². The quantitative estimate of drug-likeness (QED) is 0.562. The summed E-state index contributed by atoms with van der Waals surface area (Å²) in [5.41, 5.74) is 2.45. The van der Waals surface area contributed by atoms with Gasteiger partial charge in [0.15, 0.2) is 0 Å². The number of hydrogen-bond donors (Lipinski definition) is 0. The highest BCUT2D eigenvalue weighted by Crippen LogP contribution is 2.23. The molecule has 2 fully saturated rings. The Labute approximate surface area is 167 Å². The third kappa shape index (κ3) is 5.31. The number of hydrogen-bond acceptors (Lipinski definition) is 3. The van der Waals surface area contributed by atoms with Crippen molar-refractivity contribution in [2.75, 3.05) is 39.9 Å². The molecule has 0 atom stereocenters. The molecule has 1 aromatic rings. The van der Waals surface area contributed by atoms with Crippen LogP contribution in [0.2, 0.25) is 0 Å². The van der Waals surface area contributed by atoms with Crippen LogP contribution in [0.1, 0.15) is 18.4 Å². The Kier molecular flexibility index (Phi) is 9.18. The van der Waals surface area contributed by atoms with E-state index in [9.17, 15) is 0 Å². The van der Waals surface area contributed by atoms with Crippen LogP contribution in [0, 0.1) is 0 Å². The molecule has 0 bridgehead atoms. The maximum Gasteiger partial charge on any atom is 0.105 e. The maximum absolute atomic E-state index is 5.41. The van der Waals surface area contributed by atoms with Crippen molar-refractivity contribution in [3.63, 3.8) is 0 Å². The van der Waals surface area contributed by atoms with Gasteiger partial charge in [-0.25, -0.2) is 4.99 Å². The number of aliphatic imine (C=N–C) groups is 1. The van der Waals surface area contributed by atoms with E-state index in [0.29, 0.717) is 0 Å². The van der Waals surface area contributed by atoms with Gasteiger partial charge in [-0.2, -0.15) is 0 Å². The third-order valence-electron chi connectivity index (χ3n) is 4.07. The first-order chi connectivity index (χ1) is 9.83. The molecular formula is C16H25I2N3O. The number of para-hydroxylation sites is 1. The van der Waals surface area contributed by atoms with Gasteiger partial charge in [-0.3, -0.25) is 4.90 Å². The van der Waals surface area contributed by atoms with Crippen molar-refractivity contribution in [3.8, 4) is 0 Å². The molecule has 6 heteroatoms. The van der Waals surface area contributed by atoms with Gasteiger partial charge in [-0.15, -0.1) is 48.0 Å². The summed E-state index contributed by atoms with van der Waals surface area (Å²) in [4.78, 5) is 9.60. The highest BCUT2D eigenvalue weighted by Gasteiger charge is 2.16. The number of halogens is 2. The van der Waals surface area contributed by atoms with Crippen molar-refractivity contribution in [1.82, 2.24) is 9.80 Å². The molecule has 4 nitrogen and oxygen atoms in total. The van der Waals surface area contributed by atoms with Gasteiger partial charge >= 0.3 is 0 Å². The second kappa shape index (κ2) is 10.0. The molecule has 2 heterocycles. The van der Waals surface area contributed by atoms with Crippen LogP contribution in [-0.4, -0.2) is 55.5 Å². The van der Waals surface area contributed by atoms with Crippen LogP contribution in [0.25, 0.3) is 0 Å². The minimum absolute atomic E-state index is 0. The minimum atomic E-state index is 0. The van der Waals surface area contributed by atoms with E-state index in [0.717, 1.165) is 51.5 Å². The third-order valence-corrected chi connectivity index (χ3v) is 4.07. The van der Waals surface area contributed by atoms with E-state index in [-0.39, 0.29) is 48.0 Å². The number of rotatable bonds is 3. The lowest BCUT2D eigenvalue weighted by atomic mass is 10.1. The van der Waals surface area contributed by atoms with Crippen LogP contribution < -0.4 is 0 Å². The van der Waals surface area contributed by atoms with Crippen LogP contribution in [0.4, 0.5) is 5.69 Å². The van der Waals surface area contributed by atoms with E-state index in [1.165, 1.54) is 17.8 Å². The van der Waals surface area contributed by atoms with E-state index in [1.54, 1.807) is 0 Å². The standard InChI is InChI=1S/C16H23N3O.2HI/c1-18-8-4-7-16(18)17-15-6-3-2-5-14(15)13-19-9-11-20-12-10-19;;/h2-3,5-6H,4,7-13H2,1H3;2*1H. The zero-order valence-corrected chi connectivity index (χ0v) is 17.7. The number of amidine groups is 1. The predicted molar refractivity (Wildman–Crippen MR) is 112 cm³/mol. The monoisotopic (exact) mass is 529 g/mol. The Balaban J connectivity index is 0.00000121. The SMILES string of the molecule is CN1CCCC1=Nc1ccccc1CN1CCOCC1.I.I. The summed E-state index contributed by atoms with van der Waals surface area (Å²) in [5.74, 6) is 1.22. The molecule has 0 N–H and O–H groups in total. The number of benzene rings is 1. The van der Waals surface area contributed by atoms with Gasteiger partial charge in [0.05, 0.1) is 18.9 Å². The normalized spacial score (nSPS) is 20.6. The molecule has 0 radical (unpaired) electrons. The Morgan fingerprint density at radius 3 is 2.50 bits per heavy atom. The van der Waals surface area contributed by atoms with Crippen LogP contribution in [-0.2, 0) is 11.3 Å². The summed E-state index contributed by atoms with van der Waals surface area (Å²) >= 11 is 0. The average Bonchev–Trinajstić information content (AvgIpc) is 2.88. The van der Waals surface area contributed by atoms with Crippen LogP contribution in [0.5, 0.6) is 0 Å². The first-order valence-electron chi connectivity index (χ1n) is 7.49. The van der Waals surface area contributed by atoms with Crippen molar-refractivity contribution >= 4 is 59.5 Å². The van der Waals surface area contributed by atoms with Crippen molar-refractivity contribution in [2.45, 2.75) is 19.4 Å². The van der Waals surface area contributed by atoms with Gasteiger partial charge in [-0.1, -0.05) is 18.2 Å². The van der Waals surface area contributed by atoms with E-state index < -0.39 is 0 Å². The number of likely N-dealkylation sites (tertiary alicyclic amines) is 1. The first kappa shape index (κ1) is 20.1. The first-order valence-corrected chi connectivity index (χ1v) is 7.49. The van der Waals surface area contributed by atoms with Gasteiger partial charge in [0.2, 0.25) is 0 Å². The van der Waals surface area contributed by atoms with E-state index in [2.05, 4.69) is 41.1 Å². The summed E-state index contributed by atoms with van der Waals surface area (Å²) in [6, 6.07) is 8.52. The fourth-order valence-electron chi connectivity index (χ4n) is 2.83. The highest BCUT2D eigenvalue weighted by molar-refractivity contribution is 14.0. The molecule has 0 amide bonds. The van der Waals surface area contributed by atoms with Crippen molar-refractivity contribution < 1.29 is 4.74 Å². The fraction of sp³-hybridized carbons (Fsp3) is 0.562. The number of nitrogens with zero attached hydrogens (tertiary/aromatic N) is 3. The molecule has 0 saturated carbocycles. The molecule has 2 aliphatic rings. The largest absolute Gasteiger partial charge is 0.379 e. The lowest BCUT2D eigenvalue weighted by molar-refractivity contribution is 0.0342. The van der Waals surface area contributed by atoms with E-state index in [4.69, 9.17) is 9.73 Å². The zero-order valence-electron chi connectivity index (χ0n) is 13.0. The summed E-state index contributed by atoms with van der Waals surface area (Å²) in [6.45, 7) is 5.83. The molecule has 124 valence electrons. The van der Waals surface area contributed by atoms with Gasteiger partial charge < -0.3 is 9.64 Å². The molecule has 22 heavy (non-hydrogen) atoms. The Morgan fingerprint density at radius 1 is 1.09 bits per heavy atom. The molecule has 1 aromatic carbocycles. The average molecular weight is 529 g/mol. The Bertz CT molecular complexity index is 490. The molecule has 0 unspecified atom stereocenters. The molecule has 0 aromatic heterocycles. The van der Waals surface area contributed by atoms with Gasteiger partial charge in [0.25, 0.3) is 0 Å². The maximum atomic E-state index is 5.41. The minimum Gasteiger partial charge on any atom is -0.379 e. The fourth-order valence-corrected chi connectivity index (χ4v) is 2.83. The Morgan fingerprint density at radius 2 is 1.82 bits per heavy atom. The second-order valence-corrected chi connectivity index (χ2v) is 5.57. The van der Waals surface area contributed by atoms with Gasteiger partial charge in [0, 0.05) is 39.6 Å². The summed E-state index contributed by atoms with van der Waals surface area (Å²) in [7, 11) is 2.14. The second-order valence-electron chi connectivity index (χ2n) is 5.57. The summed E-state index contributed by atoms with van der Waals surface area (Å²) in [6.07, 6.45) is 2.32. The van der Waals surface area contributed by atoms with Crippen LogP contribution in [0.3, 0.4) is 0 Å². The van der Waals surface area contributed by atoms with E-state index in [1.807, 2.05) is 0 Å². The van der Waals surface area contributed by atoms with Gasteiger partial charge in [0.1, 0.15) is 5.84 Å². The predicted octanol–water partition coefficient (Wildman–Crippen LogP) is 3.51. The number of morpholine rings is 1. The molecule has 2 aliphatic heterocycles. The van der Waals surface area contributed by atoms with Crippen LogP contribution >= 0.6 is 48.0 Å². The van der Waals surface area contributed by atoms with E-state index >= 15 is 0 Å². The summed E-state index contributed by atoms with van der Waals surface area (Å²) < 4.78 is 5.41. The lowest BCUT2D eigenvalue weighted by Crippen LogP contribution is -2.35. The molecule has 3 rings (SSSR count).